The van der Waals surface area contributed by atoms with Crippen LogP contribution in [-0.2, 0) is 0 Å². The number of rotatable bonds is 4. The number of hydrogen-bond acceptors (Lipinski definition) is 4. The van der Waals surface area contributed by atoms with E-state index in [1.54, 1.807) is 0 Å². The van der Waals surface area contributed by atoms with Crippen molar-refractivity contribution >= 4 is 84.8 Å². The third kappa shape index (κ3) is 4.35. The summed E-state index contributed by atoms with van der Waals surface area (Å²) in [6.45, 7) is 0. The van der Waals surface area contributed by atoms with Crippen molar-refractivity contribution in [2.45, 2.75) is 0 Å². The molecule has 0 aliphatic heterocycles. The molecule has 0 aliphatic rings. The Labute approximate surface area is 301 Å². The predicted molar refractivity (Wildman–Crippen MR) is 218 cm³/mol. The molecule has 0 fully saturated rings. The highest BCUT2D eigenvalue weighted by molar-refractivity contribution is 7.33. The van der Waals surface area contributed by atoms with Gasteiger partial charge in [-0.05, 0) is 48.5 Å². The summed E-state index contributed by atoms with van der Waals surface area (Å²) in [5.74, 6) is 0.710. The lowest BCUT2D eigenvalue weighted by Gasteiger charge is -2.12. The Morgan fingerprint density at radius 3 is 1.55 bits per heavy atom. The van der Waals surface area contributed by atoms with Gasteiger partial charge in [-0.25, -0.2) is 9.97 Å². The van der Waals surface area contributed by atoms with Gasteiger partial charge >= 0.3 is 0 Å². The average molecular weight is 686 g/mol. The van der Waals surface area contributed by atoms with Gasteiger partial charge in [-0.1, -0.05) is 115 Å². The molecular weight excluding hydrogens is 659 g/mol. The number of para-hydroxylation sites is 1. The molecule has 5 heteroatoms. The molecule has 0 saturated carbocycles. The van der Waals surface area contributed by atoms with Gasteiger partial charge in [0.05, 0.1) is 31.8 Å². The van der Waals surface area contributed by atoms with E-state index >= 15 is 0 Å². The van der Waals surface area contributed by atoms with Gasteiger partial charge in [0.25, 0.3) is 0 Å². The summed E-state index contributed by atoms with van der Waals surface area (Å²) in [6, 6.07) is 58.3. The molecule has 0 saturated heterocycles. The third-order valence-electron chi connectivity index (χ3n) is 10.0. The van der Waals surface area contributed by atoms with Crippen LogP contribution < -0.4 is 0 Å². The first kappa shape index (κ1) is 28.7. The SMILES string of the molecule is c1ccc(-c2cc(-c3ccccc3)nc(-c3ccc(-n4c5ccccc5c5c6c7ccccc7sc6c6sc7ccccc7c6c54)cc3)n2)cc1. The van der Waals surface area contributed by atoms with Crippen molar-refractivity contribution in [2.75, 3.05) is 0 Å². The smallest absolute Gasteiger partial charge is 0.160 e. The number of nitrogens with zero attached hydrogens (tertiary/aromatic N) is 3. The predicted octanol–water partition coefficient (Wildman–Crippen LogP) is 13.3. The van der Waals surface area contributed by atoms with Gasteiger partial charge in [-0.3, -0.25) is 0 Å². The molecule has 4 heterocycles. The maximum absolute atomic E-state index is 5.10. The van der Waals surface area contributed by atoms with E-state index in [2.05, 4.69) is 156 Å². The second-order valence-corrected chi connectivity index (χ2v) is 15.0. The minimum atomic E-state index is 0.710. The first-order chi connectivity index (χ1) is 25.3. The van der Waals surface area contributed by atoms with Gasteiger partial charge in [0, 0.05) is 64.1 Å². The maximum atomic E-state index is 5.10. The molecule has 7 aromatic carbocycles. The zero-order valence-electron chi connectivity index (χ0n) is 27.2. The fourth-order valence-electron chi connectivity index (χ4n) is 7.74. The minimum absolute atomic E-state index is 0.710. The summed E-state index contributed by atoms with van der Waals surface area (Å²) >= 11 is 3.83. The lowest BCUT2D eigenvalue weighted by Crippen LogP contribution is -1.97. The Kier molecular flexibility index (Phi) is 6.29. The van der Waals surface area contributed by atoms with E-state index in [9.17, 15) is 0 Å². The van der Waals surface area contributed by atoms with E-state index in [1.165, 1.54) is 62.2 Å². The van der Waals surface area contributed by atoms with Crippen molar-refractivity contribution in [1.82, 2.24) is 14.5 Å². The average Bonchev–Trinajstić information content (AvgIpc) is 3.88. The van der Waals surface area contributed by atoms with E-state index < -0.39 is 0 Å². The van der Waals surface area contributed by atoms with Crippen LogP contribution in [0.25, 0.3) is 102 Å². The summed E-state index contributed by atoms with van der Waals surface area (Å²) in [5.41, 5.74) is 8.51. The topological polar surface area (TPSA) is 30.7 Å². The molecule has 0 radical (unpaired) electrons. The number of fused-ring (bicyclic) bond motifs is 12. The molecule has 0 amide bonds. The Balaban J connectivity index is 1.18. The van der Waals surface area contributed by atoms with Crippen LogP contribution in [0, 0.1) is 0 Å². The monoisotopic (exact) mass is 685 g/mol. The molecule has 0 spiro atoms. The van der Waals surface area contributed by atoms with Crippen LogP contribution in [0.1, 0.15) is 0 Å². The Bertz CT molecular complexity index is 3060. The van der Waals surface area contributed by atoms with Crippen molar-refractivity contribution in [2.24, 2.45) is 0 Å². The molecule has 11 rings (SSSR count). The zero-order chi connectivity index (χ0) is 33.5. The summed E-state index contributed by atoms with van der Waals surface area (Å²) in [4.78, 5) is 10.2. The van der Waals surface area contributed by atoms with Crippen LogP contribution in [0.3, 0.4) is 0 Å². The van der Waals surface area contributed by atoms with E-state index in [0.29, 0.717) is 5.82 Å². The highest BCUT2D eigenvalue weighted by Crippen LogP contribution is 2.52. The van der Waals surface area contributed by atoms with Crippen LogP contribution in [0.15, 0.2) is 164 Å². The fourth-order valence-corrected chi connectivity index (χ4v) is 10.3. The molecule has 3 nitrogen and oxygen atoms in total. The van der Waals surface area contributed by atoms with E-state index in [0.717, 1.165) is 33.8 Å². The van der Waals surface area contributed by atoms with Crippen molar-refractivity contribution in [3.63, 3.8) is 0 Å². The van der Waals surface area contributed by atoms with Crippen LogP contribution in [0.5, 0.6) is 0 Å². The van der Waals surface area contributed by atoms with E-state index in [-0.39, 0.29) is 0 Å². The van der Waals surface area contributed by atoms with Crippen LogP contribution >= 0.6 is 22.7 Å². The fraction of sp³-hybridized carbons (Fsp3) is 0. The molecule has 51 heavy (non-hydrogen) atoms. The molecule has 11 aromatic rings. The van der Waals surface area contributed by atoms with Crippen molar-refractivity contribution in [3.8, 4) is 39.6 Å². The normalized spacial score (nSPS) is 11.9. The molecule has 0 aliphatic carbocycles. The van der Waals surface area contributed by atoms with Crippen molar-refractivity contribution in [1.29, 1.82) is 0 Å². The molecular formula is C46H27N3S2. The maximum Gasteiger partial charge on any atom is 0.160 e. The van der Waals surface area contributed by atoms with Gasteiger partial charge in [0.1, 0.15) is 0 Å². The quantitative estimate of drug-likeness (QED) is 0.185. The lowest BCUT2D eigenvalue weighted by molar-refractivity contribution is 1.17. The lowest BCUT2D eigenvalue weighted by atomic mass is 10.0. The van der Waals surface area contributed by atoms with Gasteiger partial charge in [-0.15, -0.1) is 22.7 Å². The highest BCUT2D eigenvalue weighted by Gasteiger charge is 2.24. The molecule has 4 aromatic heterocycles. The summed E-state index contributed by atoms with van der Waals surface area (Å²) < 4.78 is 7.87. The third-order valence-corrected chi connectivity index (χ3v) is 12.5. The largest absolute Gasteiger partial charge is 0.309 e. The second-order valence-electron chi connectivity index (χ2n) is 12.9. The first-order valence-electron chi connectivity index (χ1n) is 17.1. The number of benzene rings is 7. The van der Waals surface area contributed by atoms with Gasteiger partial charge in [0.2, 0.25) is 0 Å². The van der Waals surface area contributed by atoms with Crippen LogP contribution in [0.2, 0.25) is 0 Å². The Morgan fingerprint density at radius 1 is 0.412 bits per heavy atom. The summed E-state index contributed by atoms with van der Waals surface area (Å²) in [7, 11) is 0. The van der Waals surface area contributed by atoms with Crippen molar-refractivity contribution < 1.29 is 0 Å². The van der Waals surface area contributed by atoms with E-state index in [4.69, 9.17) is 9.97 Å². The number of hydrogen-bond donors (Lipinski definition) is 0. The molecule has 0 bridgehead atoms. The van der Waals surface area contributed by atoms with Gasteiger partial charge in [-0.2, -0.15) is 0 Å². The van der Waals surface area contributed by atoms with Gasteiger partial charge in [0.15, 0.2) is 5.82 Å². The second kappa shape index (κ2) is 11.2. The standard InChI is InChI=1S/C46H27N3S2/c1-3-13-28(14-4-1)35-27-36(29-15-5-2-6-16-29)48-46(47-35)30-23-25-31(26-24-30)49-37-20-10-7-17-32(37)40-41-33-18-8-11-21-38(33)50-44(41)45-42(43(40)49)34-19-9-12-22-39(34)51-45/h1-27H. The highest BCUT2D eigenvalue weighted by atomic mass is 32.1. The number of aromatic nitrogens is 3. The van der Waals surface area contributed by atoms with Crippen LogP contribution in [-0.4, -0.2) is 14.5 Å². The summed E-state index contributed by atoms with van der Waals surface area (Å²) in [6.07, 6.45) is 0. The molecule has 0 atom stereocenters. The molecule has 0 unspecified atom stereocenters. The molecule has 238 valence electrons. The Hall–Kier alpha value is -6.14. The summed E-state index contributed by atoms with van der Waals surface area (Å²) in [5, 5.41) is 7.91. The minimum Gasteiger partial charge on any atom is -0.309 e. The van der Waals surface area contributed by atoms with Crippen molar-refractivity contribution in [3.05, 3.63) is 164 Å². The number of thiophene rings is 2. The Morgan fingerprint density at radius 2 is 0.922 bits per heavy atom. The van der Waals surface area contributed by atoms with Crippen LogP contribution in [0.4, 0.5) is 0 Å². The first-order valence-corrected chi connectivity index (χ1v) is 18.7. The van der Waals surface area contributed by atoms with E-state index in [1.807, 2.05) is 34.8 Å². The van der Waals surface area contributed by atoms with Gasteiger partial charge < -0.3 is 4.57 Å². The zero-order valence-corrected chi connectivity index (χ0v) is 28.9. The molecule has 0 N–H and O–H groups in total.